The number of nitrogens with zero attached hydrogens (tertiary/aromatic N) is 1. The number of rotatable bonds is 7. The van der Waals surface area contributed by atoms with E-state index in [1.807, 2.05) is 36.4 Å². The summed E-state index contributed by atoms with van der Waals surface area (Å²) in [5.41, 5.74) is 1.74. The fourth-order valence-corrected chi connectivity index (χ4v) is 2.50. The summed E-state index contributed by atoms with van der Waals surface area (Å²) < 4.78 is 11.5. The van der Waals surface area contributed by atoms with Gasteiger partial charge in [-0.3, -0.25) is 0 Å². The molecule has 0 aliphatic heterocycles. The Balaban J connectivity index is 1.73. The SMILES string of the molecule is N#Cc1ccc(Oc2cc(OCCc3ccccc3)cc(C(=O)O)c2)cc1. The van der Waals surface area contributed by atoms with Crippen LogP contribution in [0.2, 0.25) is 0 Å². The fourth-order valence-electron chi connectivity index (χ4n) is 2.50. The van der Waals surface area contributed by atoms with Gasteiger partial charge in [-0.05, 0) is 42.0 Å². The van der Waals surface area contributed by atoms with Crippen molar-refractivity contribution in [3.05, 3.63) is 89.5 Å². The van der Waals surface area contributed by atoms with Crippen LogP contribution in [0.25, 0.3) is 0 Å². The molecule has 0 bridgehead atoms. The van der Waals surface area contributed by atoms with Crippen molar-refractivity contribution < 1.29 is 19.4 Å². The topological polar surface area (TPSA) is 79.5 Å². The van der Waals surface area contributed by atoms with Crippen LogP contribution in [0.15, 0.2) is 72.8 Å². The highest BCUT2D eigenvalue weighted by atomic mass is 16.5. The highest BCUT2D eigenvalue weighted by Gasteiger charge is 2.10. The summed E-state index contributed by atoms with van der Waals surface area (Å²) in [6.07, 6.45) is 0.712. The Hall–Kier alpha value is -3.78. The number of ether oxygens (including phenoxy) is 2. The largest absolute Gasteiger partial charge is 0.493 e. The molecule has 134 valence electrons. The summed E-state index contributed by atoms with van der Waals surface area (Å²) in [7, 11) is 0. The summed E-state index contributed by atoms with van der Waals surface area (Å²) in [6.45, 7) is 0.420. The Bertz CT molecular complexity index is 960. The molecule has 0 atom stereocenters. The molecule has 0 spiro atoms. The lowest BCUT2D eigenvalue weighted by atomic mass is 10.1. The Morgan fingerprint density at radius 1 is 0.926 bits per heavy atom. The maximum absolute atomic E-state index is 11.4. The molecule has 0 unspecified atom stereocenters. The molecule has 27 heavy (non-hydrogen) atoms. The van der Waals surface area contributed by atoms with Gasteiger partial charge >= 0.3 is 5.97 Å². The number of aromatic carboxylic acids is 1. The summed E-state index contributed by atoms with van der Waals surface area (Å²) >= 11 is 0. The second kappa shape index (κ2) is 8.54. The van der Waals surface area contributed by atoms with E-state index in [0.29, 0.717) is 35.8 Å². The van der Waals surface area contributed by atoms with Crippen molar-refractivity contribution in [1.82, 2.24) is 0 Å². The van der Waals surface area contributed by atoms with Crippen molar-refractivity contribution in [2.45, 2.75) is 6.42 Å². The molecule has 0 heterocycles. The van der Waals surface area contributed by atoms with Crippen LogP contribution in [0.5, 0.6) is 17.2 Å². The molecule has 0 radical (unpaired) electrons. The van der Waals surface area contributed by atoms with E-state index < -0.39 is 5.97 Å². The van der Waals surface area contributed by atoms with Crippen LogP contribution in [0.1, 0.15) is 21.5 Å². The van der Waals surface area contributed by atoms with E-state index in [0.717, 1.165) is 5.56 Å². The van der Waals surface area contributed by atoms with E-state index in [2.05, 4.69) is 0 Å². The number of hydrogen-bond acceptors (Lipinski definition) is 4. The van der Waals surface area contributed by atoms with Crippen LogP contribution in [0, 0.1) is 11.3 Å². The smallest absolute Gasteiger partial charge is 0.335 e. The van der Waals surface area contributed by atoms with E-state index in [1.165, 1.54) is 12.1 Å². The third-order valence-corrected chi connectivity index (χ3v) is 3.85. The molecule has 1 N–H and O–H groups in total. The van der Waals surface area contributed by atoms with E-state index in [4.69, 9.17) is 14.7 Å². The van der Waals surface area contributed by atoms with E-state index >= 15 is 0 Å². The predicted molar refractivity (Wildman–Crippen MR) is 100 cm³/mol. The number of benzene rings is 3. The molecule has 0 fully saturated rings. The molecular weight excluding hydrogens is 342 g/mol. The zero-order chi connectivity index (χ0) is 19.1. The van der Waals surface area contributed by atoms with Crippen LogP contribution in [0.4, 0.5) is 0 Å². The Labute approximate surface area is 157 Å². The Morgan fingerprint density at radius 3 is 2.30 bits per heavy atom. The molecule has 0 saturated carbocycles. The first-order valence-electron chi connectivity index (χ1n) is 8.37. The van der Waals surface area contributed by atoms with Gasteiger partial charge in [-0.1, -0.05) is 30.3 Å². The van der Waals surface area contributed by atoms with Gasteiger partial charge in [-0.15, -0.1) is 0 Å². The molecule has 0 aliphatic carbocycles. The number of nitriles is 1. The van der Waals surface area contributed by atoms with E-state index in [9.17, 15) is 9.90 Å². The minimum atomic E-state index is -1.06. The quantitative estimate of drug-likeness (QED) is 0.663. The summed E-state index contributed by atoms with van der Waals surface area (Å²) in [5, 5.41) is 18.2. The molecule has 5 heteroatoms. The lowest BCUT2D eigenvalue weighted by Crippen LogP contribution is -2.03. The van der Waals surface area contributed by atoms with Gasteiger partial charge in [-0.2, -0.15) is 5.26 Å². The van der Waals surface area contributed by atoms with Gasteiger partial charge in [-0.25, -0.2) is 4.79 Å². The van der Waals surface area contributed by atoms with Gasteiger partial charge in [0.25, 0.3) is 0 Å². The number of carboxylic acids is 1. The number of carboxylic acid groups (broad SMARTS) is 1. The normalized spacial score (nSPS) is 10.0. The third-order valence-electron chi connectivity index (χ3n) is 3.85. The Morgan fingerprint density at radius 2 is 1.63 bits per heavy atom. The van der Waals surface area contributed by atoms with Gasteiger partial charge in [0, 0.05) is 12.5 Å². The molecule has 0 amide bonds. The second-order valence-corrected chi connectivity index (χ2v) is 5.82. The minimum absolute atomic E-state index is 0.0795. The van der Waals surface area contributed by atoms with Crippen LogP contribution >= 0.6 is 0 Å². The highest BCUT2D eigenvalue weighted by molar-refractivity contribution is 5.88. The van der Waals surface area contributed by atoms with Gasteiger partial charge in [0.15, 0.2) is 0 Å². The summed E-state index contributed by atoms with van der Waals surface area (Å²) in [5.74, 6) is 0.226. The van der Waals surface area contributed by atoms with Gasteiger partial charge in [0.2, 0.25) is 0 Å². The minimum Gasteiger partial charge on any atom is -0.493 e. The van der Waals surface area contributed by atoms with Crippen molar-refractivity contribution in [3.63, 3.8) is 0 Å². The second-order valence-electron chi connectivity index (χ2n) is 5.82. The van der Waals surface area contributed by atoms with Crippen LogP contribution < -0.4 is 9.47 Å². The first-order chi connectivity index (χ1) is 13.1. The lowest BCUT2D eigenvalue weighted by molar-refractivity contribution is 0.0696. The lowest BCUT2D eigenvalue weighted by Gasteiger charge is -2.11. The van der Waals surface area contributed by atoms with Crippen molar-refractivity contribution in [2.24, 2.45) is 0 Å². The summed E-state index contributed by atoms with van der Waals surface area (Å²) in [4.78, 5) is 11.4. The molecule has 3 aromatic carbocycles. The fraction of sp³-hybridized carbons (Fsp3) is 0.0909. The van der Waals surface area contributed by atoms with Crippen LogP contribution in [0.3, 0.4) is 0 Å². The molecule has 0 aliphatic rings. The predicted octanol–water partition coefficient (Wildman–Crippen LogP) is 4.67. The number of hydrogen-bond donors (Lipinski definition) is 1. The monoisotopic (exact) mass is 359 g/mol. The molecule has 0 aromatic heterocycles. The summed E-state index contributed by atoms with van der Waals surface area (Å²) in [6, 6.07) is 23.1. The highest BCUT2D eigenvalue weighted by Crippen LogP contribution is 2.28. The van der Waals surface area contributed by atoms with Crippen molar-refractivity contribution in [3.8, 4) is 23.3 Å². The van der Waals surface area contributed by atoms with E-state index in [-0.39, 0.29) is 5.56 Å². The maximum atomic E-state index is 11.4. The Kier molecular flexibility index (Phi) is 5.70. The number of carbonyl (C=O) groups is 1. The maximum Gasteiger partial charge on any atom is 0.335 e. The molecule has 0 saturated heterocycles. The zero-order valence-electron chi connectivity index (χ0n) is 14.5. The van der Waals surface area contributed by atoms with Gasteiger partial charge < -0.3 is 14.6 Å². The van der Waals surface area contributed by atoms with E-state index in [1.54, 1.807) is 30.3 Å². The first kappa shape index (κ1) is 18.0. The average Bonchev–Trinajstić information content (AvgIpc) is 2.69. The zero-order valence-corrected chi connectivity index (χ0v) is 14.5. The van der Waals surface area contributed by atoms with Gasteiger partial charge in [0.1, 0.15) is 17.2 Å². The first-order valence-corrected chi connectivity index (χ1v) is 8.37. The third kappa shape index (κ3) is 5.10. The van der Waals surface area contributed by atoms with Crippen LogP contribution in [-0.4, -0.2) is 17.7 Å². The molecular formula is C22H17NO4. The van der Waals surface area contributed by atoms with Crippen molar-refractivity contribution in [2.75, 3.05) is 6.61 Å². The molecule has 3 aromatic rings. The van der Waals surface area contributed by atoms with Crippen molar-refractivity contribution >= 4 is 5.97 Å². The van der Waals surface area contributed by atoms with Crippen molar-refractivity contribution in [1.29, 1.82) is 5.26 Å². The standard InChI is InChI=1S/C22H17NO4/c23-15-17-6-8-19(9-7-17)27-21-13-18(22(24)25)12-20(14-21)26-11-10-16-4-2-1-3-5-16/h1-9,12-14H,10-11H2,(H,24,25). The molecule has 5 nitrogen and oxygen atoms in total. The molecule has 3 rings (SSSR count). The average molecular weight is 359 g/mol. The van der Waals surface area contributed by atoms with Gasteiger partial charge in [0.05, 0.1) is 23.8 Å². The van der Waals surface area contributed by atoms with Crippen LogP contribution in [-0.2, 0) is 6.42 Å².